The first kappa shape index (κ1) is 23.4. The van der Waals surface area contributed by atoms with Gasteiger partial charge in [-0.1, -0.05) is 6.07 Å². The maximum atomic E-state index is 13.4. The average Bonchev–Trinajstić information content (AvgIpc) is 3.27. The smallest absolute Gasteiger partial charge is 0.243 e. The summed E-state index contributed by atoms with van der Waals surface area (Å²) in [7, 11) is 3.44. The molecule has 2 N–H and O–H groups in total. The van der Waals surface area contributed by atoms with Crippen molar-refractivity contribution in [2.24, 2.45) is 10.9 Å². The van der Waals surface area contributed by atoms with Crippen LogP contribution in [0.3, 0.4) is 0 Å². The monoisotopic (exact) mass is 437 g/mol. The summed E-state index contributed by atoms with van der Waals surface area (Å²) in [4.78, 5) is 20.2. The Balaban J connectivity index is 1.50. The molecule has 7 nitrogen and oxygen atoms in total. The molecule has 1 atom stereocenters. The van der Waals surface area contributed by atoms with Crippen LogP contribution in [-0.2, 0) is 16.1 Å². The van der Waals surface area contributed by atoms with Gasteiger partial charge in [0.05, 0.1) is 6.61 Å². The van der Waals surface area contributed by atoms with E-state index in [0.717, 1.165) is 57.7 Å². The fourth-order valence-corrected chi connectivity index (χ4v) is 3.75. The zero-order valence-corrected chi connectivity index (χ0v) is 18.4. The van der Waals surface area contributed by atoms with Crippen molar-refractivity contribution >= 4 is 11.9 Å². The lowest BCUT2D eigenvalue weighted by Gasteiger charge is -2.33. The van der Waals surface area contributed by atoms with Crippen molar-refractivity contribution < 1.29 is 18.3 Å². The minimum Gasteiger partial charge on any atom is -0.381 e. The van der Waals surface area contributed by atoms with Crippen molar-refractivity contribution in [2.45, 2.75) is 31.8 Å². The van der Waals surface area contributed by atoms with Crippen LogP contribution in [0, 0.1) is 17.6 Å². The first-order valence-corrected chi connectivity index (χ1v) is 10.9. The van der Waals surface area contributed by atoms with Crippen molar-refractivity contribution in [2.75, 3.05) is 53.5 Å². The lowest BCUT2D eigenvalue weighted by Crippen LogP contribution is -2.49. The highest BCUT2D eigenvalue weighted by Crippen LogP contribution is 2.16. The molecule has 1 amide bonds. The molecule has 2 heterocycles. The van der Waals surface area contributed by atoms with E-state index < -0.39 is 11.6 Å². The summed E-state index contributed by atoms with van der Waals surface area (Å²) < 4.78 is 32.0. The summed E-state index contributed by atoms with van der Waals surface area (Å²) in [5.41, 5.74) is 0.773. The molecular weight excluding hydrogens is 404 g/mol. The average molecular weight is 438 g/mol. The second-order valence-electron chi connectivity index (χ2n) is 8.51. The van der Waals surface area contributed by atoms with Gasteiger partial charge in [-0.25, -0.2) is 13.8 Å². The summed E-state index contributed by atoms with van der Waals surface area (Å²) in [5.74, 6) is -0.564. The molecule has 1 aromatic rings. The summed E-state index contributed by atoms with van der Waals surface area (Å²) in [6.45, 7) is 4.69. The Morgan fingerprint density at radius 2 is 2.00 bits per heavy atom. The molecule has 31 heavy (non-hydrogen) atoms. The van der Waals surface area contributed by atoms with Gasteiger partial charge < -0.3 is 20.3 Å². The van der Waals surface area contributed by atoms with Gasteiger partial charge in [-0.15, -0.1) is 0 Å². The Morgan fingerprint density at radius 1 is 1.23 bits per heavy atom. The Morgan fingerprint density at radius 3 is 2.65 bits per heavy atom. The van der Waals surface area contributed by atoms with E-state index in [4.69, 9.17) is 4.74 Å². The number of hydrogen-bond donors (Lipinski definition) is 2. The molecule has 0 spiro atoms. The fourth-order valence-electron chi connectivity index (χ4n) is 3.75. The lowest BCUT2D eigenvalue weighted by molar-refractivity contribution is -0.127. The maximum Gasteiger partial charge on any atom is 0.243 e. The maximum absolute atomic E-state index is 13.4. The number of benzene rings is 1. The quantitative estimate of drug-likeness (QED) is 0.501. The summed E-state index contributed by atoms with van der Waals surface area (Å²) in [6.07, 6.45) is 2.83. The van der Waals surface area contributed by atoms with E-state index in [-0.39, 0.29) is 18.5 Å². The summed E-state index contributed by atoms with van der Waals surface area (Å²) in [6, 6.07) is 4.31. The largest absolute Gasteiger partial charge is 0.381 e. The zero-order chi connectivity index (χ0) is 22.2. The van der Waals surface area contributed by atoms with Crippen molar-refractivity contribution in [3.63, 3.8) is 0 Å². The number of nitrogens with one attached hydrogen (secondary N) is 2. The molecule has 0 radical (unpaired) electrons. The van der Waals surface area contributed by atoms with Crippen molar-refractivity contribution in [1.82, 2.24) is 20.4 Å². The molecule has 172 valence electrons. The molecule has 9 heteroatoms. The molecule has 0 aromatic heterocycles. The van der Waals surface area contributed by atoms with E-state index in [0.29, 0.717) is 18.4 Å². The highest BCUT2D eigenvalue weighted by molar-refractivity contribution is 5.84. The minimum atomic E-state index is -0.817. The van der Waals surface area contributed by atoms with Crippen molar-refractivity contribution in [3.05, 3.63) is 35.4 Å². The molecule has 3 rings (SSSR count). The van der Waals surface area contributed by atoms with Gasteiger partial charge in [0.15, 0.2) is 17.6 Å². The molecule has 0 bridgehead atoms. The van der Waals surface area contributed by atoms with Crippen LogP contribution in [0.25, 0.3) is 0 Å². The van der Waals surface area contributed by atoms with Gasteiger partial charge in [0.2, 0.25) is 5.91 Å². The predicted octanol–water partition coefficient (Wildman–Crippen LogP) is 1.59. The number of carbonyl (C=O) groups excluding carboxylic acids is 1. The van der Waals surface area contributed by atoms with Crippen LogP contribution in [0.15, 0.2) is 23.2 Å². The van der Waals surface area contributed by atoms with Crippen LogP contribution < -0.4 is 10.6 Å². The number of piperidine rings is 1. The third kappa shape index (κ3) is 7.43. The highest BCUT2D eigenvalue weighted by atomic mass is 19.2. The molecule has 2 aliphatic rings. The molecule has 2 fully saturated rings. The van der Waals surface area contributed by atoms with Gasteiger partial charge in [-0.3, -0.25) is 9.69 Å². The number of likely N-dealkylation sites (N-methyl/N-ethyl adjacent to an activating group) is 1. The number of ether oxygens (including phenoxy) is 1. The lowest BCUT2D eigenvalue weighted by atomic mass is 10.0. The number of carbonyl (C=O) groups is 1. The van der Waals surface area contributed by atoms with Gasteiger partial charge in [-0.05, 0) is 37.0 Å². The van der Waals surface area contributed by atoms with E-state index in [1.165, 1.54) is 17.0 Å². The van der Waals surface area contributed by atoms with Crippen LogP contribution in [0.5, 0.6) is 0 Å². The molecule has 2 saturated heterocycles. The second kappa shape index (κ2) is 11.4. The van der Waals surface area contributed by atoms with E-state index in [2.05, 4.69) is 20.5 Å². The van der Waals surface area contributed by atoms with Gasteiger partial charge in [0.25, 0.3) is 0 Å². The molecule has 0 saturated carbocycles. The predicted molar refractivity (Wildman–Crippen MR) is 116 cm³/mol. The molecule has 0 aliphatic carbocycles. The zero-order valence-electron chi connectivity index (χ0n) is 18.4. The van der Waals surface area contributed by atoms with Gasteiger partial charge in [0, 0.05) is 58.8 Å². The Labute approximate surface area is 182 Å². The Bertz CT molecular complexity index is 760. The first-order valence-electron chi connectivity index (χ1n) is 10.9. The van der Waals surface area contributed by atoms with E-state index in [1.54, 1.807) is 20.2 Å². The van der Waals surface area contributed by atoms with E-state index in [9.17, 15) is 13.6 Å². The second-order valence-corrected chi connectivity index (χ2v) is 8.51. The topological polar surface area (TPSA) is 69.2 Å². The normalized spacial score (nSPS) is 20.6. The number of amides is 1. The van der Waals surface area contributed by atoms with Crippen LogP contribution in [0.1, 0.15) is 24.8 Å². The number of rotatable bonds is 7. The van der Waals surface area contributed by atoms with Gasteiger partial charge in [-0.2, -0.15) is 0 Å². The van der Waals surface area contributed by atoms with Crippen molar-refractivity contribution in [1.29, 1.82) is 0 Å². The molecular formula is C22H33F2N5O2. The molecule has 1 unspecified atom stereocenters. The van der Waals surface area contributed by atoms with Crippen LogP contribution in [0.2, 0.25) is 0 Å². The number of guanidine groups is 1. The summed E-state index contributed by atoms with van der Waals surface area (Å²) >= 11 is 0. The SMILES string of the molecule is CN(C)C(=O)CN=C(NCC1CCOC1)NC1CCN(Cc2ccc(F)c(F)c2)CC1. The fraction of sp³-hybridized carbons (Fsp3) is 0.636. The number of hydrogen-bond acceptors (Lipinski definition) is 4. The first-order chi connectivity index (χ1) is 14.9. The number of nitrogens with zero attached hydrogens (tertiary/aromatic N) is 3. The minimum absolute atomic E-state index is 0.0494. The number of aliphatic imine (C=N–C) groups is 1. The van der Waals surface area contributed by atoms with Crippen LogP contribution in [-0.4, -0.2) is 81.2 Å². The van der Waals surface area contributed by atoms with Crippen LogP contribution in [0.4, 0.5) is 8.78 Å². The standard InChI is InChI=1S/C22H33F2N5O2/c1-28(2)21(30)13-26-22(25-12-17-7-10-31-15-17)27-18-5-8-29(9-6-18)14-16-3-4-19(23)20(24)11-16/h3-4,11,17-18H,5-10,12-15H2,1-2H3,(H2,25,26,27). The van der Waals surface area contributed by atoms with E-state index in [1.807, 2.05) is 0 Å². The Hall–Kier alpha value is -2.26. The molecule has 1 aromatic carbocycles. The third-order valence-corrected chi connectivity index (χ3v) is 5.77. The highest BCUT2D eigenvalue weighted by Gasteiger charge is 2.22. The van der Waals surface area contributed by atoms with E-state index >= 15 is 0 Å². The van der Waals surface area contributed by atoms with Gasteiger partial charge in [0.1, 0.15) is 6.54 Å². The third-order valence-electron chi connectivity index (χ3n) is 5.77. The molecule has 2 aliphatic heterocycles. The number of likely N-dealkylation sites (tertiary alicyclic amines) is 1. The summed E-state index contributed by atoms with van der Waals surface area (Å²) in [5, 5.41) is 6.83. The van der Waals surface area contributed by atoms with Gasteiger partial charge >= 0.3 is 0 Å². The number of halogens is 2. The Kier molecular flexibility index (Phi) is 8.60. The van der Waals surface area contributed by atoms with Crippen LogP contribution >= 0.6 is 0 Å². The van der Waals surface area contributed by atoms with Crippen molar-refractivity contribution in [3.8, 4) is 0 Å².